The van der Waals surface area contributed by atoms with Gasteiger partial charge in [-0.3, -0.25) is 4.79 Å². The number of amides is 1. The number of hydrogen-bond donors (Lipinski definition) is 0. The second-order valence-corrected chi connectivity index (χ2v) is 9.27. The topological polar surface area (TPSA) is 45.1 Å². The third-order valence-corrected chi connectivity index (χ3v) is 7.22. The van der Waals surface area contributed by atoms with Crippen LogP contribution in [0.1, 0.15) is 48.9 Å². The van der Waals surface area contributed by atoms with E-state index in [1.807, 2.05) is 4.90 Å². The van der Waals surface area contributed by atoms with Gasteiger partial charge in [0.05, 0.1) is 11.8 Å². The van der Waals surface area contributed by atoms with Gasteiger partial charge in [0.15, 0.2) is 0 Å². The number of ether oxygens (including phenoxy) is 1. The third-order valence-electron chi connectivity index (χ3n) is 7.22. The lowest BCUT2D eigenvalue weighted by Gasteiger charge is -2.51. The first-order valence-corrected chi connectivity index (χ1v) is 11.4. The Morgan fingerprint density at radius 1 is 1.03 bits per heavy atom. The van der Waals surface area contributed by atoms with Gasteiger partial charge in [-0.2, -0.15) is 5.10 Å². The molecule has 0 unspecified atom stereocenters. The van der Waals surface area contributed by atoms with E-state index >= 15 is 0 Å². The van der Waals surface area contributed by atoms with Crippen molar-refractivity contribution < 1.29 is 9.53 Å². The standard InChI is InChI=1S/C27H27N3O2/c1-18-7-10-26-23(15-18)25-17-24(22-9-8-20-5-3-4-6-21(20)16-22)28-30(25)27(32-26)11-13-29(14-12-27)19(2)31/h3-10,15-16,25H,11-14,17H2,1-2H3/t25-/m0/s1. The number of hydrazone groups is 1. The summed E-state index contributed by atoms with van der Waals surface area (Å²) < 4.78 is 6.69. The summed E-state index contributed by atoms with van der Waals surface area (Å²) in [7, 11) is 0. The van der Waals surface area contributed by atoms with Gasteiger partial charge >= 0.3 is 0 Å². The fraction of sp³-hybridized carbons (Fsp3) is 0.333. The van der Waals surface area contributed by atoms with Gasteiger partial charge in [-0.05, 0) is 35.4 Å². The van der Waals surface area contributed by atoms with Crippen LogP contribution in [0.15, 0.2) is 65.8 Å². The van der Waals surface area contributed by atoms with E-state index in [1.54, 1.807) is 6.92 Å². The average molecular weight is 426 g/mol. The Hall–Kier alpha value is -3.34. The van der Waals surface area contributed by atoms with Gasteiger partial charge in [0, 0.05) is 44.8 Å². The Morgan fingerprint density at radius 3 is 2.59 bits per heavy atom. The van der Waals surface area contributed by atoms with Gasteiger partial charge in [0.1, 0.15) is 5.75 Å². The van der Waals surface area contributed by atoms with Crippen molar-refractivity contribution in [1.82, 2.24) is 9.91 Å². The molecule has 0 radical (unpaired) electrons. The minimum absolute atomic E-state index is 0.130. The lowest BCUT2D eigenvalue weighted by atomic mass is 9.90. The zero-order valence-electron chi connectivity index (χ0n) is 18.5. The van der Waals surface area contributed by atoms with Crippen LogP contribution in [0.25, 0.3) is 10.8 Å². The summed E-state index contributed by atoms with van der Waals surface area (Å²) in [5, 5.41) is 9.87. The summed E-state index contributed by atoms with van der Waals surface area (Å²) in [4.78, 5) is 13.8. The predicted molar refractivity (Wildman–Crippen MR) is 126 cm³/mol. The van der Waals surface area contributed by atoms with Crippen molar-refractivity contribution in [1.29, 1.82) is 0 Å². The van der Waals surface area contributed by atoms with Crippen molar-refractivity contribution in [3.8, 4) is 5.75 Å². The molecule has 32 heavy (non-hydrogen) atoms. The lowest BCUT2D eigenvalue weighted by molar-refractivity contribution is -0.158. The Morgan fingerprint density at radius 2 is 1.81 bits per heavy atom. The fourth-order valence-electron chi connectivity index (χ4n) is 5.45. The van der Waals surface area contributed by atoms with Crippen molar-refractivity contribution >= 4 is 22.4 Å². The minimum Gasteiger partial charge on any atom is -0.466 e. The molecule has 0 N–H and O–H groups in total. The van der Waals surface area contributed by atoms with Gasteiger partial charge in [-0.25, -0.2) is 5.01 Å². The first-order valence-electron chi connectivity index (χ1n) is 11.4. The molecular weight excluding hydrogens is 398 g/mol. The molecule has 5 heteroatoms. The van der Waals surface area contributed by atoms with Crippen LogP contribution in [0.4, 0.5) is 0 Å². The molecule has 5 nitrogen and oxygen atoms in total. The molecular formula is C27H27N3O2. The zero-order valence-corrected chi connectivity index (χ0v) is 18.5. The van der Waals surface area contributed by atoms with Gasteiger partial charge < -0.3 is 9.64 Å². The molecule has 1 amide bonds. The van der Waals surface area contributed by atoms with Gasteiger partial charge in [-0.1, -0.05) is 54.1 Å². The van der Waals surface area contributed by atoms with Crippen LogP contribution in [0.5, 0.6) is 5.75 Å². The second kappa shape index (κ2) is 7.09. The van der Waals surface area contributed by atoms with Crippen LogP contribution >= 0.6 is 0 Å². The van der Waals surface area contributed by atoms with Crippen LogP contribution < -0.4 is 4.74 Å². The van der Waals surface area contributed by atoms with E-state index in [0.29, 0.717) is 13.1 Å². The minimum atomic E-state index is -0.503. The highest BCUT2D eigenvalue weighted by Gasteiger charge is 2.52. The van der Waals surface area contributed by atoms with E-state index in [1.165, 1.54) is 27.5 Å². The van der Waals surface area contributed by atoms with Crippen LogP contribution in [-0.4, -0.2) is 40.3 Å². The summed E-state index contributed by atoms with van der Waals surface area (Å²) in [6, 6.07) is 21.7. The molecule has 1 fully saturated rings. The molecule has 0 aromatic heterocycles. The largest absolute Gasteiger partial charge is 0.466 e. The third kappa shape index (κ3) is 2.99. The van der Waals surface area contributed by atoms with Crippen molar-refractivity contribution in [3.63, 3.8) is 0 Å². The maximum absolute atomic E-state index is 11.9. The van der Waals surface area contributed by atoms with Crippen molar-refractivity contribution in [2.75, 3.05) is 13.1 Å². The molecule has 0 aliphatic carbocycles. The summed E-state index contributed by atoms with van der Waals surface area (Å²) in [5.41, 5.74) is 4.21. The number of aryl methyl sites for hydroxylation is 1. The van der Waals surface area contributed by atoms with Crippen molar-refractivity contribution in [2.24, 2.45) is 5.10 Å². The van der Waals surface area contributed by atoms with Crippen LogP contribution in [0.2, 0.25) is 0 Å². The Labute approximate surface area is 188 Å². The maximum atomic E-state index is 11.9. The summed E-state index contributed by atoms with van der Waals surface area (Å²) in [6.45, 7) is 5.16. The number of hydrogen-bond acceptors (Lipinski definition) is 4. The number of fused-ring (bicyclic) bond motifs is 5. The highest BCUT2D eigenvalue weighted by Crippen LogP contribution is 2.50. The van der Waals surface area contributed by atoms with Crippen LogP contribution in [-0.2, 0) is 4.79 Å². The zero-order chi connectivity index (χ0) is 21.9. The molecule has 1 atom stereocenters. The molecule has 0 saturated carbocycles. The van der Waals surface area contributed by atoms with Crippen LogP contribution in [0, 0.1) is 6.92 Å². The highest BCUT2D eigenvalue weighted by molar-refractivity contribution is 6.04. The van der Waals surface area contributed by atoms with E-state index in [9.17, 15) is 4.79 Å². The van der Waals surface area contributed by atoms with E-state index in [-0.39, 0.29) is 11.9 Å². The Bertz CT molecular complexity index is 1260. The van der Waals surface area contributed by atoms with E-state index in [0.717, 1.165) is 30.7 Å². The maximum Gasteiger partial charge on any atom is 0.219 e. The number of piperidine rings is 1. The number of benzene rings is 3. The molecule has 3 aliphatic rings. The molecule has 6 rings (SSSR count). The number of likely N-dealkylation sites (tertiary alicyclic amines) is 1. The smallest absolute Gasteiger partial charge is 0.219 e. The number of rotatable bonds is 1. The second-order valence-electron chi connectivity index (χ2n) is 9.27. The molecule has 3 aromatic carbocycles. The average Bonchev–Trinajstić information content (AvgIpc) is 3.27. The molecule has 0 bridgehead atoms. The van der Waals surface area contributed by atoms with Crippen molar-refractivity contribution in [3.05, 3.63) is 77.4 Å². The quantitative estimate of drug-likeness (QED) is 0.549. The normalized spacial score (nSPS) is 21.2. The van der Waals surface area contributed by atoms with Crippen molar-refractivity contribution in [2.45, 2.75) is 44.9 Å². The first-order chi connectivity index (χ1) is 15.5. The number of carbonyl (C=O) groups is 1. The molecule has 3 aromatic rings. The summed E-state index contributed by atoms with van der Waals surface area (Å²) in [5.74, 6) is 1.09. The molecule has 3 aliphatic heterocycles. The molecule has 1 saturated heterocycles. The van der Waals surface area contributed by atoms with E-state index in [2.05, 4.69) is 72.6 Å². The predicted octanol–water partition coefficient (Wildman–Crippen LogP) is 5.03. The number of carbonyl (C=O) groups excluding carboxylic acids is 1. The number of nitrogens with zero attached hydrogens (tertiary/aromatic N) is 3. The fourth-order valence-corrected chi connectivity index (χ4v) is 5.45. The highest BCUT2D eigenvalue weighted by atomic mass is 16.5. The molecule has 1 spiro atoms. The van der Waals surface area contributed by atoms with Gasteiger partial charge in [-0.15, -0.1) is 0 Å². The summed E-state index contributed by atoms with van der Waals surface area (Å²) >= 11 is 0. The molecule has 162 valence electrons. The SMILES string of the molecule is CC(=O)N1CCC2(CC1)Oc1ccc(C)cc1[C@@H]1CC(c3ccc4ccccc4c3)=NN12. The Kier molecular flexibility index (Phi) is 4.29. The van der Waals surface area contributed by atoms with E-state index in [4.69, 9.17) is 9.84 Å². The monoisotopic (exact) mass is 425 g/mol. The van der Waals surface area contributed by atoms with Gasteiger partial charge in [0.25, 0.3) is 0 Å². The Balaban J connectivity index is 1.42. The first kappa shape index (κ1) is 19.4. The molecule has 3 heterocycles. The van der Waals surface area contributed by atoms with Gasteiger partial charge in [0.2, 0.25) is 11.6 Å². The van der Waals surface area contributed by atoms with Crippen LogP contribution in [0.3, 0.4) is 0 Å². The summed E-state index contributed by atoms with van der Waals surface area (Å²) in [6.07, 6.45) is 2.37. The van der Waals surface area contributed by atoms with E-state index < -0.39 is 5.72 Å². The lowest BCUT2D eigenvalue weighted by Crippen LogP contribution is -2.59.